The van der Waals surface area contributed by atoms with Crippen molar-refractivity contribution in [3.05, 3.63) is 12.2 Å². The summed E-state index contributed by atoms with van der Waals surface area (Å²) in [5.74, 6) is -0.0714. The zero-order valence-corrected chi connectivity index (χ0v) is 8.50. The van der Waals surface area contributed by atoms with Crippen molar-refractivity contribution in [3.8, 4) is 0 Å². The SMILES string of the molecule is CC(=O)/C=C/CC1(C)C(=O)CCC1=O. The first kappa shape index (κ1) is 10.8. The first-order valence-electron chi connectivity index (χ1n) is 4.70. The van der Waals surface area contributed by atoms with Gasteiger partial charge in [0.25, 0.3) is 0 Å². The second-order valence-corrected chi connectivity index (χ2v) is 3.90. The second kappa shape index (κ2) is 3.86. The number of hydrogen-bond acceptors (Lipinski definition) is 3. The van der Waals surface area contributed by atoms with Crippen molar-refractivity contribution in [2.24, 2.45) is 5.41 Å². The van der Waals surface area contributed by atoms with Crippen LogP contribution in [0.4, 0.5) is 0 Å². The predicted molar refractivity (Wildman–Crippen MR) is 51.8 cm³/mol. The lowest BCUT2D eigenvalue weighted by Crippen LogP contribution is -2.28. The van der Waals surface area contributed by atoms with Crippen LogP contribution in [0.15, 0.2) is 12.2 Å². The Morgan fingerprint density at radius 3 is 2.29 bits per heavy atom. The molecule has 0 unspecified atom stereocenters. The van der Waals surface area contributed by atoms with Gasteiger partial charge in [-0.15, -0.1) is 0 Å². The van der Waals surface area contributed by atoms with Gasteiger partial charge in [-0.1, -0.05) is 6.08 Å². The average Bonchev–Trinajstić information content (AvgIpc) is 2.33. The highest BCUT2D eigenvalue weighted by atomic mass is 16.2. The summed E-state index contributed by atoms with van der Waals surface area (Å²) in [7, 11) is 0. The van der Waals surface area contributed by atoms with Crippen LogP contribution >= 0.6 is 0 Å². The third kappa shape index (κ3) is 1.97. The second-order valence-electron chi connectivity index (χ2n) is 3.90. The molecule has 3 heteroatoms. The lowest BCUT2D eigenvalue weighted by molar-refractivity contribution is -0.133. The Hall–Kier alpha value is -1.25. The summed E-state index contributed by atoms with van der Waals surface area (Å²) >= 11 is 0. The highest BCUT2D eigenvalue weighted by Gasteiger charge is 2.43. The van der Waals surface area contributed by atoms with Crippen LogP contribution in [0.1, 0.15) is 33.1 Å². The van der Waals surface area contributed by atoms with E-state index in [1.165, 1.54) is 13.0 Å². The van der Waals surface area contributed by atoms with E-state index in [0.717, 1.165) is 0 Å². The van der Waals surface area contributed by atoms with Crippen molar-refractivity contribution in [1.82, 2.24) is 0 Å². The molecule has 1 aliphatic carbocycles. The summed E-state index contributed by atoms with van der Waals surface area (Å²) in [5, 5.41) is 0. The topological polar surface area (TPSA) is 51.2 Å². The number of Topliss-reactive ketones (excluding diaryl/α,β-unsaturated/α-hetero) is 2. The first-order valence-corrected chi connectivity index (χ1v) is 4.70. The lowest BCUT2D eigenvalue weighted by Gasteiger charge is -2.17. The number of carbonyl (C=O) groups excluding carboxylic acids is 3. The van der Waals surface area contributed by atoms with Crippen molar-refractivity contribution in [3.63, 3.8) is 0 Å². The van der Waals surface area contributed by atoms with Crippen molar-refractivity contribution in [1.29, 1.82) is 0 Å². The van der Waals surface area contributed by atoms with Gasteiger partial charge in [-0.25, -0.2) is 0 Å². The minimum atomic E-state index is -0.869. The minimum absolute atomic E-state index is 0.00398. The van der Waals surface area contributed by atoms with Gasteiger partial charge in [-0.2, -0.15) is 0 Å². The molecule has 0 aromatic carbocycles. The molecule has 1 fully saturated rings. The van der Waals surface area contributed by atoms with E-state index in [-0.39, 0.29) is 17.3 Å². The fourth-order valence-corrected chi connectivity index (χ4v) is 1.62. The van der Waals surface area contributed by atoms with Crippen molar-refractivity contribution in [2.75, 3.05) is 0 Å². The maximum atomic E-state index is 11.4. The summed E-state index contributed by atoms with van der Waals surface area (Å²) in [4.78, 5) is 33.5. The molecule has 76 valence electrons. The van der Waals surface area contributed by atoms with Crippen LogP contribution in [0.5, 0.6) is 0 Å². The van der Waals surface area contributed by atoms with E-state index in [0.29, 0.717) is 19.3 Å². The highest BCUT2D eigenvalue weighted by Crippen LogP contribution is 2.34. The Bertz CT molecular complexity index is 296. The van der Waals surface area contributed by atoms with Crippen LogP contribution in [0.2, 0.25) is 0 Å². The molecule has 3 nitrogen and oxygen atoms in total. The Balaban J connectivity index is 2.70. The van der Waals surface area contributed by atoms with Gasteiger partial charge in [0.1, 0.15) is 11.6 Å². The van der Waals surface area contributed by atoms with Gasteiger partial charge in [0, 0.05) is 12.8 Å². The van der Waals surface area contributed by atoms with Crippen LogP contribution in [-0.4, -0.2) is 17.3 Å². The number of ketones is 3. The van der Waals surface area contributed by atoms with E-state index >= 15 is 0 Å². The summed E-state index contributed by atoms with van der Waals surface area (Å²) in [6.07, 6.45) is 4.07. The Labute approximate surface area is 83.2 Å². The first-order chi connectivity index (χ1) is 6.47. The van der Waals surface area contributed by atoms with Crippen LogP contribution < -0.4 is 0 Å². The van der Waals surface area contributed by atoms with Gasteiger partial charge in [0.2, 0.25) is 0 Å². The van der Waals surface area contributed by atoms with Crippen molar-refractivity contribution < 1.29 is 14.4 Å². The van der Waals surface area contributed by atoms with Gasteiger partial charge in [-0.3, -0.25) is 14.4 Å². The molecule has 0 aromatic rings. The Kier molecular flexibility index (Phi) is 2.99. The molecule has 0 amide bonds. The molecule has 1 rings (SSSR count). The third-order valence-electron chi connectivity index (χ3n) is 2.69. The third-order valence-corrected chi connectivity index (χ3v) is 2.69. The molecule has 1 aliphatic rings. The molecule has 0 bridgehead atoms. The average molecular weight is 194 g/mol. The molecule has 14 heavy (non-hydrogen) atoms. The van der Waals surface area contributed by atoms with Gasteiger partial charge in [0.15, 0.2) is 5.78 Å². The largest absolute Gasteiger partial charge is 0.299 e. The summed E-state index contributed by atoms with van der Waals surface area (Å²) in [6.45, 7) is 3.10. The van der Waals surface area contributed by atoms with Crippen molar-refractivity contribution >= 4 is 17.3 Å². The van der Waals surface area contributed by atoms with E-state index in [9.17, 15) is 14.4 Å². The monoisotopic (exact) mass is 194 g/mol. The summed E-state index contributed by atoms with van der Waals surface area (Å²) in [6, 6.07) is 0. The van der Waals surface area contributed by atoms with E-state index in [1.807, 2.05) is 0 Å². The molecule has 0 radical (unpaired) electrons. The van der Waals surface area contributed by atoms with Gasteiger partial charge < -0.3 is 0 Å². The summed E-state index contributed by atoms with van der Waals surface area (Å²) < 4.78 is 0. The quantitative estimate of drug-likeness (QED) is 0.505. The Morgan fingerprint density at radius 1 is 1.36 bits per heavy atom. The molecule has 1 saturated carbocycles. The predicted octanol–water partition coefficient (Wildman–Crippen LogP) is 1.46. The molecule has 0 aliphatic heterocycles. The van der Waals surface area contributed by atoms with Crippen LogP contribution in [0.3, 0.4) is 0 Å². The molecular weight excluding hydrogens is 180 g/mol. The molecule has 0 spiro atoms. The van der Waals surface area contributed by atoms with Gasteiger partial charge in [-0.05, 0) is 26.3 Å². The maximum absolute atomic E-state index is 11.4. The number of rotatable bonds is 3. The van der Waals surface area contributed by atoms with Gasteiger partial charge >= 0.3 is 0 Å². The zero-order valence-electron chi connectivity index (χ0n) is 8.50. The fourth-order valence-electron chi connectivity index (χ4n) is 1.62. The number of hydrogen-bond donors (Lipinski definition) is 0. The highest BCUT2D eigenvalue weighted by molar-refractivity contribution is 6.12. The fraction of sp³-hybridized carbons (Fsp3) is 0.545. The van der Waals surface area contributed by atoms with Crippen molar-refractivity contribution in [2.45, 2.75) is 33.1 Å². The van der Waals surface area contributed by atoms with Crippen LogP contribution in [0, 0.1) is 5.41 Å². The minimum Gasteiger partial charge on any atom is -0.299 e. The van der Waals surface area contributed by atoms with E-state index in [4.69, 9.17) is 0 Å². The smallest absolute Gasteiger partial charge is 0.152 e. The molecule has 0 N–H and O–H groups in total. The maximum Gasteiger partial charge on any atom is 0.152 e. The van der Waals surface area contributed by atoms with E-state index in [1.54, 1.807) is 13.0 Å². The molecule has 0 atom stereocenters. The molecule has 0 saturated heterocycles. The van der Waals surface area contributed by atoms with Gasteiger partial charge in [0.05, 0.1) is 5.41 Å². The molecule has 0 aromatic heterocycles. The van der Waals surface area contributed by atoms with Crippen LogP contribution in [0.25, 0.3) is 0 Å². The standard InChI is InChI=1S/C11H14O3/c1-8(12)4-3-7-11(2)9(13)5-6-10(11)14/h3-4H,5-7H2,1-2H3/b4-3+. The van der Waals surface area contributed by atoms with Crippen LogP contribution in [-0.2, 0) is 14.4 Å². The molecule has 0 heterocycles. The van der Waals surface area contributed by atoms with E-state index < -0.39 is 5.41 Å². The normalized spacial score (nSPS) is 20.7. The lowest BCUT2D eigenvalue weighted by atomic mass is 9.83. The Morgan fingerprint density at radius 2 is 1.86 bits per heavy atom. The zero-order chi connectivity index (χ0) is 10.8. The van der Waals surface area contributed by atoms with E-state index in [2.05, 4.69) is 0 Å². The summed E-state index contributed by atoms with van der Waals surface area (Å²) in [5.41, 5.74) is -0.869. The number of carbonyl (C=O) groups is 3. The molecular formula is C11H14O3. The number of allylic oxidation sites excluding steroid dienone is 2.